The molecule has 2 fully saturated rings. The van der Waals surface area contributed by atoms with Crippen LogP contribution in [-0.2, 0) is 5.54 Å². The molecule has 0 saturated carbocycles. The van der Waals surface area contributed by atoms with E-state index in [4.69, 9.17) is 11.6 Å². The highest BCUT2D eigenvalue weighted by Gasteiger charge is 2.76. The smallest absolute Gasteiger partial charge is 0.191 e. The van der Waals surface area contributed by atoms with Crippen molar-refractivity contribution >= 4 is 28.2 Å². The molecule has 0 radical (unpaired) electrons. The zero-order valence-electron chi connectivity index (χ0n) is 16.7. The number of nitriles is 2. The average Bonchev–Trinajstić information content (AvgIpc) is 3.43. The van der Waals surface area contributed by atoms with E-state index < -0.39 is 16.9 Å². The van der Waals surface area contributed by atoms with Crippen molar-refractivity contribution in [3.8, 4) is 12.1 Å². The maximum atomic E-state index is 14.2. The molecule has 2 heterocycles. The molecule has 6 rings (SSSR count). The summed E-state index contributed by atoms with van der Waals surface area (Å²) >= 11 is 6.13. The van der Waals surface area contributed by atoms with Crippen LogP contribution in [0.4, 0.5) is 0 Å². The Labute approximate surface area is 185 Å². The third-order valence-corrected chi connectivity index (χ3v) is 7.85. The van der Waals surface area contributed by atoms with Crippen LogP contribution in [0.15, 0.2) is 60.7 Å². The van der Waals surface area contributed by atoms with Crippen LogP contribution in [0, 0.1) is 28.1 Å². The van der Waals surface area contributed by atoms with Crippen molar-refractivity contribution in [3.63, 3.8) is 0 Å². The van der Waals surface area contributed by atoms with E-state index in [1.807, 2.05) is 48.5 Å². The van der Waals surface area contributed by atoms with E-state index in [2.05, 4.69) is 17.0 Å². The number of carbonyl (C=O) groups is 1. The summed E-state index contributed by atoms with van der Waals surface area (Å²) in [4.78, 5) is 16.4. The highest BCUT2D eigenvalue weighted by molar-refractivity contribution is 6.30. The lowest BCUT2D eigenvalue weighted by molar-refractivity contribution is 0.0544. The first-order valence-electron chi connectivity index (χ1n) is 10.5. The van der Waals surface area contributed by atoms with Crippen LogP contribution in [0.5, 0.6) is 0 Å². The van der Waals surface area contributed by atoms with Gasteiger partial charge in [0.05, 0.1) is 12.1 Å². The van der Waals surface area contributed by atoms with Gasteiger partial charge in [-0.05, 0) is 53.4 Å². The zero-order valence-corrected chi connectivity index (χ0v) is 17.4. The molecule has 2 aliphatic heterocycles. The van der Waals surface area contributed by atoms with Gasteiger partial charge in [-0.3, -0.25) is 9.69 Å². The Morgan fingerprint density at radius 2 is 1.71 bits per heavy atom. The molecule has 31 heavy (non-hydrogen) atoms. The zero-order chi connectivity index (χ0) is 21.4. The molecule has 4 nitrogen and oxygen atoms in total. The first-order valence-corrected chi connectivity index (χ1v) is 10.9. The maximum Gasteiger partial charge on any atom is 0.191 e. The van der Waals surface area contributed by atoms with Crippen molar-refractivity contribution in [2.75, 3.05) is 6.54 Å². The van der Waals surface area contributed by atoms with Crippen molar-refractivity contribution in [1.82, 2.24) is 4.90 Å². The molecular weight excluding hydrogens is 406 g/mol. The minimum atomic E-state index is -1.55. The quantitative estimate of drug-likeness (QED) is 0.540. The molecule has 1 spiro atoms. The van der Waals surface area contributed by atoms with Gasteiger partial charge in [0.1, 0.15) is 5.54 Å². The lowest BCUT2D eigenvalue weighted by Gasteiger charge is -2.40. The molecule has 5 heteroatoms. The first kappa shape index (κ1) is 18.6. The summed E-state index contributed by atoms with van der Waals surface area (Å²) in [6.07, 6.45) is 1.78. The molecule has 1 aliphatic carbocycles. The summed E-state index contributed by atoms with van der Waals surface area (Å²) in [6, 6.07) is 23.7. The van der Waals surface area contributed by atoms with Crippen LogP contribution in [0.25, 0.3) is 10.8 Å². The number of fused-ring (bicyclic) bond motifs is 3. The molecule has 0 N–H and O–H groups in total. The van der Waals surface area contributed by atoms with E-state index in [0.29, 0.717) is 17.1 Å². The summed E-state index contributed by atoms with van der Waals surface area (Å²) in [5.74, 6) is -0.526. The highest BCUT2D eigenvalue weighted by atomic mass is 35.5. The largest absolute Gasteiger partial charge is 0.292 e. The Morgan fingerprint density at radius 3 is 2.42 bits per heavy atom. The van der Waals surface area contributed by atoms with Crippen molar-refractivity contribution in [3.05, 3.63) is 82.4 Å². The predicted molar refractivity (Wildman–Crippen MR) is 118 cm³/mol. The number of hydrogen-bond acceptors (Lipinski definition) is 4. The van der Waals surface area contributed by atoms with Gasteiger partial charge < -0.3 is 0 Å². The van der Waals surface area contributed by atoms with Crippen LogP contribution in [0.2, 0.25) is 5.02 Å². The molecule has 3 aromatic rings. The molecule has 0 aromatic heterocycles. The number of rotatable bonds is 1. The van der Waals surface area contributed by atoms with Crippen LogP contribution < -0.4 is 0 Å². The van der Waals surface area contributed by atoms with Gasteiger partial charge in [-0.15, -0.1) is 0 Å². The Hall–Kier alpha value is -3.18. The van der Waals surface area contributed by atoms with Gasteiger partial charge in [-0.1, -0.05) is 60.1 Å². The van der Waals surface area contributed by atoms with Crippen LogP contribution >= 0.6 is 11.6 Å². The fourth-order valence-corrected chi connectivity index (χ4v) is 6.72. The number of benzene rings is 3. The third-order valence-electron chi connectivity index (χ3n) is 7.60. The predicted octanol–water partition coefficient (Wildman–Crippen LogP) is 5.18. The van der Waals surface area contributed by atoms with Gasteiger partial charge in [0.15, 0.2) is 11.2 Å². The number of Topliss-reactive ketones (excluding diaryl/α,β-unsaturated/α-hetero) is 1. The molecule has 0 bridgehead atoms. The van der Waals surface area contributed by atoms with Gasteiger partial charge in [0.25, 0.3) is 0 Å². The van der Waals surface area contributed by atoms with Crippen LogP contribution in [0.1, 0.15) is 40.2 Å². The monoisotopic (exact) mass is 423 g/mol. The lowest BCUT2D eigenvalue weighted by Crippen LogP contribution is -2.54. The van der Waals surface area contributed by atoms with E-state index >= 15 is 0 Å². The van der Waals surface area contributed by atoms with E-state index in [0.717, 1.165) is 34.7 Å². The second-order valence-corrected chi connectivity index (χ2v) is 9.15. The third kappa shape index (κ3) is 1.96. The number of ketones is 1. The molecule has 3 aliphatic rings. The van der Waals surface area contributed by atoms with Gasteiger partial charge in [-0.2, -0.15) is 10.5 Å². The molecule has 0 unspecified atom stereocenters. The van der Waals surface area contributed by atoms with Crippen LogP contribution in [0.3, 0.4) is 0 Å². The number of halogens is 1. The minimum Gasteiger partial charge on any atom is -0.292 e. The Morgan fingerprint density at radius 1 is 1.00 bits per heavy atom. The average molecular weight is 424 g/mol. The SMILES string of the molecule is N#CC1(C#N)[C@H](c2ccc(Cl)cc2)[C@H]2CCCN2[C@@]12C(=O)c1cccc3cccc2c13. The van der Waals surface area contributed by atoms with Crippen molar-refractivity contribution in [1.29, 1.82) is 10.5 Å². The maximum absolute atomic E-state index is 14.2. The second kappa shape index (κ2) is 6.17. The molecule has 0 amide bonds. The topological polar surface area (TPSA) is 67.9 Å². The Balaban J connectivity index is 1.72. The van der Waals surface area contributed by atoms with Crippen molar-refractivity contribution in [2.24, 2.45) is 5.41 Å². The fourth-order valence-electron chi connectivity index (χ4n) is 6.59. The van der Waals surface area contributed by atoms with E-state index in [1.54, 1.807) is 12.1 Å². The van der Waals surface area contributed by atoms with E-state index in [1.165, 1.54) is 0 Å². The van der Waals surface area contributed by atoms with Gasteiger partial charge in [-0.25, -0.2) is 0 Å². The molecule has 3 aromatic carbocycles. The van der Waals surface area contributed by atoms with Crippen molar-refractivity contribution in [2.45, 2.75) is 30.3 Å². The number of hydrogen-bond donors (Lipinski definition) is 0. The number of nitrogens with zero attached hydrogens (tertiary/aromatic N) is 3. The normalized spacial score (nSPS) is 28.0. The standard InChI is InChI=1S/C26H18ClN3O/c27-18-11-9-17(10-12-18)23-21-8-3-13-30(21)26(25(23,14-28)15-29)20-7-2-5-16-4-1-6-19(22(16)20)24(26)31/h1-2,4-7,9-12,21,23H,3,8,13H2/t21-,23-,26+/m1/s1. The van der Waals surface area contributed by atoms with Crippen molar-refractivity contribution < 1.29 is 4.79 Å². The van der Waals surface area contributed by atoms with Gasteiger partial charge in [0.2, 0.25) is 0 Å². The Kier molecular flexibility index (Phi) is 3.70. The van der Waals surface area contributed by atoms with E-state index in [-0.39, 0.29) is 11.8 Å². The molecule has 150 valence electrons. The lowest BCUT2D eigenvalue weighted by atomic mass is 9.60. The fraction of sp³-hybridized carbons (Fsp3) is 0.269. The molecule has 3 atom stereocenters. The van der Waals surface area contributed by atoms with Crippen LogP contribution in [-0.4, -0.2) is 23.3 Å². The second-order valence-electron chi connectivity index (χ2n) is 8.71. The molecule has 2 saturated heterocycles. The van der Waals surface area contributed by atoms with Gasteiger partial charge >= 0.3 is 0 Å². The Bertz CT molecular complexity index is 1330. The van der Waals surface area contributed by atoms with E-state index in [9.17, 15) is 15.3 Å². The summed E-state index contributed by atoms with van der Waals surface area (Å²) in [7, 11) is 0. The summed E-state index contributed by atoms with van der Waals surface area (Å²) in [6.45, 7) is 0.690. The summed E-state index contributed by atoms with van der Waals surface area (Å²) in [5.41, 5.74) is -0.541. The molecular formula is C26H18ClN3O. The van der Waals surface area contributed by atoms with Gasteiger partial charge in [0, 0.05) is 22.5 Å². The summed E-state index contributed by atoms with van der Waals surface area (Å²) in [5, 5.41) is 23.8. The summed E-state index contributed by atoms with van der Waals surface area (Å²) < 4.78 is 0. The highest BCUT2D eigenvalue weighted by Crippen LogP contribution is 2.67. The first-order chi connectivity index (χ1) is 15.1. The number of carbonyl (C=O) groups excluding carboxylic acids is 1. The minimum absolute atomic E-state index is 0.0611.